The van der Waals surface area contributed by atoms with Crippen LogP contribution in [0.3, 0.4) is 0 Å². The van der Waals surface area contributed by atoms with Crippen molar-refractivity contribution >= 4 is 11.3 Å². The normalized spacial score (nSPS) is 25.7. The molecule has 0 amide bonds. The van der Waals surface area contributed by atoms with Gasteiger partial charge < -0.3 is 5.32 Å². The van der Waals surface area contributed by atoms with Crippen molar-refractivity contribution in [2.24, 2.45) is 5.92 Å². The second kappa shape index (κ2) is 5.51. The fraction of sp³-hybridized carbons (Fsp3) is 0.800. The van der Waals surface area contributed by atoms with Gasteiger partial charge in [-0.3, -0.25) is 4.90 Å². The van der Waals surface area contributed by atoms with Gasteiger partial charge in [0, 0.05) is 35.7 Å². The molecule has 0 radical (unpaired) electrons. The van der Waals surface area contributed by atoms with E-state index in [0.29, 0.717) is 18.0 Å². The Kier molecular flexibility index (Phi) is 4.33. The molecule has 0 aliphatic carbocycles. The first-order valence-electron chi connectivity index (χ1n) is 7.23. The summed E-state index contributed by atoms with van der Waals surface area (Å²) in [6.45, 7) is 15.7. The third-order valence-corrected chi connectivity index (χ3v) is 5.19. The molecule has 1 aliphatic rings. The van der Waals surface area contributed by atoms with Crippen molar-refractivity contribution in [3.05, 3.63) is 16.1 Å². The van der Waals surface area contributed by atoms with E-state index in [1.54, 1.807) is 11.3 Å². The van der Waals surface area contributed by atoms with Gasteiger partial charge in [-0.1, -0.05) is 13.8 Å². The van der Waals surface area contributed by atoms with E-state index in [0.717, 1.165) is 18.8 Å². The first-order valence-corrected chi connectivity index (χ1v) is 8.11. The molecule has 3 nitrogen and oxygen atoms in total. The molecule has 1 saturated heterocycles. The summed E-state index contributed by atoms with van der Waals surface area (Å²) in [4.78, 5) is 7.32. The number of thiazole rings is 1. The Morgan fingerprint density at radius 2 is 2.11 bits per heavy atom. The highest BCUT2D eigenvalue weighted by molar-refractivity contribution is 7.09. The highest BCUT2D eigenvalue weighted by Crippen LogP contribution is 2.31. The predicted octanol–water partition coefficient (Wildman–Crippen LogP) is 3.22. The number of hydrogen-bond donors (Lipinski definition) is 1. The number of piperazine rings is 1. The molecule has 0 spiro atoms. The molecule has 1 aliphatic heterocycles. The molecule has 4 heteroatoms. The maximum atomic E-state index is 4.68. The van der Waals surface area contributed by atoms with Crippen molar-refractivity contribution < 1.29 is 0 Å². The standard InChI is InChI=1S/C15H27N3S/c1-10(2)13-7-16-15(5,6)9-18(13)12(4)14-17-11(3)8-19-14/h8,10,12-13,16H,7,9H2,1-6H3. The zero-order valence-electron chi connectivity index (χ0n) is 13.0. The summed E-state index contributed by atoms with van der Waals surface area (Å²) >= 11 is 1.79. The van der Waals surface area contributed by atoms with Crippen LogP contribution in [0.25, 0.3) is 0 Å². The van der Waals surface area contributed by atoms with Crippen molar-refractivity contribution in [3.8, 4) is 0 Å². The highest BCUT2D eigenvalue weighted by Gasteiger charge is 2.37. The molecule has 2 unspecified atom stereocenters. The van der Waals surface area contributed by atoms with Gasteiger partial charge in [-0.2, -0.15) is 0 Å². The second-order valence-electron chi connectivity index (χ2n) is 6.75. The lowest BCUT2D eigenvalue weighted by Crippen LogP contribution is -2.63. The van der Waals surface area contributed by atoms with E-state index in [2.05, 4.69) is 62.1 Å². The van der Waals surface area contributed by atoms with E-state index in [4.69, 9.17) is 0 Å². The minimum atomic E-state index is 0.186. The molecule has 2 rings (SSSR count). The van der Waals surface area contributed by atoms with Crippen LogP contribution < -0.4 is 5.32 Å². The average Bonchev–Trinajstić information content (AvgIpc) is 2.73. The van der Waals surface area contributed by atoms with Crippen molar-refractivity contribution in [1.29, 1.82) is 0 Å². The summed E-state index contributed by atoms with van der Waals surface area (Å²) in [6, 6.07) is 1.000. The van der Waals surface area contributed by atoms with Gasteiger partial charge in [0.05, 0.1) is 6.04 Å². The molecule has 19 heavy (non-hydrogen) atoms. The van der Waals surface area contributed by atoms with Gasteiger partial charge >= 0.3 is 0 Å². The number of rotatable bonds is 3. The maximum absolute atomic E-state index is 4.68. The van der Waals surface area contributed by atoms with E-state index in [1.807, 2.05) is 0 Å². The molecule has 1 fully saturated rings. The van der Waals surface area contributed by atoms with Gasteiger partial charge in [0.2, 0.25) is 0 Å². The molecule has 0 aromatic carbocycles. The summed E-state index contributed by atoms with van der Waals surface area (Å²) in [6.07, 6.45) is 0. The number of aryl methyl sites for hydroxylation is 1. The lowest BCUT2D eigenvalue weighted by atomic mass is 9.92. The summed E-state index contributed by atoms with van der Waals surface area (Å²) in [5.41, 5.74) is 1.33. The molecule has 2 atom stereocenters. The van der Waals surface area contributed by atoms with E-state index < -0.39 is 0 Å². The highest BCUT2D eigenvalue weighted by atomic mass is 32.1. The monoisotopic (exact) mass is 281 g/mol. The van der Waals surface area contributed by atoms with Gasteiger partial charge in [0.25, 0.3) is 0 Å². The van der Waals surface area contributed by atoms with Crippen LogP contribution in [-0.2, 0) is 0 Å². The summed E-state index contributed by atoms with van der Waals surface area (Å²) < 4.78 is 0. The SMILES string of the molecule is Cc1csc(C(C)N2CC(C)(C)NCC2C(C)C)n1. The predicted molar refractivity (Wildman–Crippen MR) is 82.7 cm³/mol. The Morgan fingerprint density at radius 1 is 1.42 bits per heavy atom. The zero-order valence-corrected chi connectivity index (χ0v) is 13.8. The second-order valence-corrected chi connectivity index (χ2v) is 7.64. The quantitative estimate of drug-likeness (QED) is 0.922. The Bertz CT molecular complexity index is 425. The average molecular weight is 281 g/mol. The zero-order chi connectivity index (χ0) is 14.2. The number of aromatic nitrogens is 1. The lowest BCUT2D eigenvalue weighted by Gasteiger charge is -2.48. The fourth-order valence-corrected chi connectivity index (χ4v) is 3.75. The molecular formula is C15H27N3S. The van der Waals surface area contributed by atoms with Crippen LogP contribution in [0.15, 0.2) is 5.38 Å². The third-order valence-electron chi connectivity index (χ3n) is 4.05. The summed E-state index contributed by atoms with van der Waals surface area (Å²) in [5.74, 6) is 0.659. The molecule has 0 bridgehead atoms. The fourth-order valence-electron chi connectivity index (χ4n) is 2.88. The lowest BCUT2D eigenvalue weighted by molar-refractivity contribution is 0.0370. The van der Waals surface area contributed by atoms with Crippen molar-refractivity contribution in [2.75, 3.05) is 13.1 Å². The minimum absolute atomic E-state index is 0.186. The maximum Gasteiger partial charge on any atom is 0.110 e. The van der Waals surface area contributed by atoms with E-state index in [9.17, 15) is 0 Å². The molecule has 108 valence electrons. The Balaban J connectivity index is 2.21. The first-order chi connectivity index (χ1) is 8.80. The van der Waals surface area contributed by atoms with Crippen LogP contribution in [0.4, 0.5) is 0 Å². The van der Waals surface area contributed by atoms with E-state index >= 15 is 0 Å². The van der Waals surface area contributed by atoms with Crippen LogP contribution in [0.2, 0.25) is 0 Å². The minimum Gasteiger partial charge on any atom is -0.309 e. The summed E-state index contributed by atoms with van der Waals surface area (Å²) in [5, 5.41) is 7.08. The smallest absolute Gasteiger partial charge is 0.110 e. The van der Waals surface area contributed by atoms with Gasteiger partial charge in [-0.05, 0) is 33.6 Å². The van der Waals surface area contributed by atoms with Gasteiger partial charge in [0.1, 0.15) is 5.01 Å². The Hall–Kier alpha value is -0.450. The molecule has 1 N–H and O–H groups in total. The van der Waals surface area contributed by atoms with Crippen LogP contribution in [0.1, 0.15) is 51.4 Å². The van der Waals surface area contributed by atoms with E-state index in [1.165, 1.54) is 5.01 Å². The first kappa shape index (κ1) is 14.9. The summed E-state index contributed by atoms with van der Waals surface area (Å²) in [7, 11) is 0. The largest absolute Gasteiger partial charge is 0.309 e. The Labute approximate surface area is 121 Å². The molecule has 1 aromatic rings. The third kappa shape index (κ3) is 3.36. The topological polar surface area (TPSA) is 28.2 Å². The van der Waals surface area contributed by atoms with Gasteiger partial charge in [-0.25, -0.2) is 4.98 Å². The van der Waals surface area contributed by atoms with Crippen LogP contribution in [0, 0.1) is 12.8 Å². The van der Waals surface area contributed by atoms with Crippen LogP contribution >= 0.6 is 11.3 Å². The van der Waals surface area contributed by atoms with Crippen LogP contribution in [-0.4, -0.2) is 34.6 Å². The Morgan fingerprint density at radius 3 is 2.63 bits per heavy atom. The van der Waals surface area contributed by atoms with Crippen molar-refractivity contribution in [3.63, 3.8) is 0 Å². The number of nitrogens with zero attached hydrogens (tertiary/aromatic N) is 2. The van der Waals surface area contributed by atoms with Crippen molar-refractivity contribution in [2.45, 2.75) is 59.2 Å². The van der Waals surface area contributed by atoms with E-state index in [-0.39, 0.29) is 5.54 Å². The molecule has 1 aromatic heterocycles. The van der Waals surface area contributed by atoms with Gasteiger partial charge in [0.15, 0.2) is 0 Å². The van der Waals surface area contributed by atoms with Crippen LogP contribution in [0.5, 0.6) is 0 Å². The van der Waals surface area contributed by atoms with Gasteiger partial charge in [-0.15, -0.1) is 11.3 Å². The molecule has 0 saturated carbocycles. The molecular weight excluding hydrogens is 254 g/mol. The number of nitrogens with one attached hydrogen (secondary N) is 1. The number of hydrogen-bond acceptors (Lipinski definition) is 4. The van der Waals surface area contributed by atoms with Crippen molar-refractivity contribution in [1.82, 2.24) is 15.2 Å². The molecule has 2 heterocycles.